The first kappa shape index (κ1) is 11.8. The molecule has 0 saturated heterocycles. The summed E-state index contributed by atoms with van der Waals surface area (Å²) in [6.45, 7) is 0. The van der Waals surface area contributed by atoms with Crippen molar-refractivity contribution < 1.29 is 9.90 Å². The zero-order valence-corrected chi connectivity index (χ0v) is 10.9. The quantitative estimate of drug-likeness (QED) is 0.538. The molecule has 2 heterocycles. The van der Waals surface area contributed by atoms with Gasteiger partial charge in [-0.1, -0.05) is 30.3 Å². The van der Waals surface area contributed by atoms with Crippen LogP contribution >= 0.6 is 0 Å². The third-order valence-corrected chi connectivity index (χ3v) is 3.65. The van der Waals surface area contributed by atoms with Crippen molar-refractivity contribution in [2.24, 2.45) is 0 Å². The number of carbonyl (C=O) groups is 1. The standard InChI is InChI=1S/C17H10N2O2/c20-17(21)12-7-10-5-6-14-15(16(10)19-9-12)13-4-2-1-3-11(13)8-18-14/h1-9H,(H,20,21). The molecule has 0 radical (unpaired) electrons. The fourth-order valence-corrected chi connectivity index (χ4v) is 2.66. The van der Waals surface area contributed by atoms with E-state index in [1.165, 1.54) is 6.20 Å². The molecule has 4 nitrogen and oxygen atoms in total. The van der Waals surface area contributed by atoms with Crippen LogP contribution in [0.15, 0.2) is 54.9 Å². The molecule has 4 aromatic rings. The summed E-state index contributed by atoms with van der Waals surface area (Å²) in [4.78, 5) is 19.9. The summed E-state index contributed by atoms with van der Waals surface area (Å²) in [5, 5.41) is 13.0. The normalized spacial score (nSPS) is 11.2. The zero-order chi connectivity index (χ0) is 14.4. The Bertz CT molecular complexity index is 1020. The van der Waals surface area contributed by atoms with Crippen molar-refractivity contribution >= 4 is 38.5 Å². The lowest BCUT2D eigenvalue weighted by molar-refractivity contribution is 0.0696. The van der Waals surface area contributed by atoms with Crippen LogP contribution in [0.1, 0.15) is 10.4 Å². The smallest absolute Gasteiger partial charge is 0.337 e. The number of nitrogens with zero attached hydrogens (tertiary/aromatic N) is 2. The maximum Gasteiger partial charge on any atom is 0.337 e. The Morgan fingerprint density at radius 1 is 0.952 bits per heavy atom. The van der Waals surface area contributed by atoms with Gasteiger partial charge in [-0.2, -0.15) is 0 Å². The van der Waals surface area contributed by atoms with E-state index in [1.807, 2.05) is 42.6 Å². The van der Waals surface area contributed by atoms with E-state index >= 15 is 0 Å². The van der Waals surface area contributed by atoms with Crippen molar-refractivity contribution in [3.05, 3.63) is 60.4 Å². The first-order valence-corrected chi connectivity index (χ1v) is 6.53. The van der Waals surface area contributed by atoms with E-state index in [0.29, 0.717) is 0 Å². The van der Waals surface area contributed by atoms with Gasteiger partial charge >= 0.3 is 5.97 Å². The van der Waals surface area contributed by atoms with Crippen molar-refractivity contribution in [2.45, 2.75) is 0 Å². The van der Waals surface area contributed by atoms with Gasteiger partial charge < -0.3 is 5.11 Å². The first-order chi connectivity index (χ1) is 10.2. The molecule has 0 aliphatic carbocycles. The van der Waals surface area contributed by atoms with Crippen LogP contribution < -0.4 is 0 Å². The molecule has 0 fully saturated rings. The molecule has 21 heavy (non-hydrogen) atoms. The molecule has 2 aromatic heterocycles. The molecule has 2 aromatic carbocycles. The van der Waals surface area contributed by atoms with E-state index in [2.05, 4.69) is 9.97 Å². The fourth-order valence-electron chi connectivity index (χ4n) is 2.66. The predicted octanol–water partition coefficient (Wildman–Crippen LogP) is 3.63. The molecule has 0 unspecified atom stereocenters. The molecule has 0 saturated carbocycles. The Hall–Kier alpha value is -3.01. The highest BCUT2D eigenvalue weighted by Crippen LogP contribution is 2.29. The minimum atomic E-state index is -0.972. The molecule has 0 aliphatic rings. The Balaban J connectivity index is 2.21. The number of benzene rings is 2. The molecular formula is C17H10N2O2. The highest BCUT2D eigenvalue weighted by atomic mass is 16.4. The maximum absolute atomic E-state index is 11.1. The number of carboxylic acid groups (broad SMARTS) is 1. The van der Waals surface area contributed by atoms with Gasteiger partial charge in [-0.15, -0.1) is 0 Å². The van der Waals surface area contributed by atoms with E-state index in [1.54, 1.807) is 6.07 Å². The topological polar surface area (TPSA) is 63.1 Å². The second kappa shape index (κ2) is 4.24. The number of carboxylic acids is 1. The van der Waals surface area contributed by atoms with Crippen molar-refractivity contribution in [2.75, 3.05) is 0 Å². The minimum absolute atomic E-state index is 0.190. The molecule has 4 heteroatoms. The summed E-state index contributed by atoms with van der Waals surface area (Å²) in [6, 6.07) is 13.4. The molecule has 0 atom stereocenters. The van der Waals surface area contributed by atoms with E-state index in [4.69, 9.17) is 5.11 Å². The fraction of sp³-hybridized carbons (Fsp3) is 0. The molecule has 0 spiro atoms. The molecule has 4 rings (SSSR count). The van der Waals surface area contributed by atoms with Crippen LogP contribution in [0.25, 0.3) is 32.6 Å². The van der Waals surface area contributed by atoms with E-state index in [9.17, 15) is 4.79 Å². The molecular weight excluding hydrogens is 264 g/mol. The first-order valence-electron chi connectivity index (χ1n) is 6.53. The van der Waals surface area contributed by atoms with Gasteiger partial charge in [0.05, 0.1) is 16.6 Å². The summed E-state index contributed by atoms with van der Waals surface area (Å²) in [5.74, 6) is -0.972. The molecule has 0 bridgehead atoms. The number of aromatic carboxylic acids is 1. The third kappa shape index (κ3) is 1.73. The van der Waals surface area contributed by atoms with Crippen molar-refractivity contribution in [3.63, 3.8) is 0 Å². The largest absolute Gasteiger partial charge is 0.478 e. The second-order valence-electron chi connectivity index (χ2n) is 4.91. The summed E-state index contributed by atoms with van der Waals surface area (Å²) in [5.41, 5.74) is 1.83. The van der Waals surface area contributed by atoms with Crippen LogP contribution in [-0.2, 0) is 0 Å². The number of pyridine rings is 2. The number of hydrogen-bond donors (Lipinski definition) is 1. The summed E-state index contributed by atoms with van der Waals surface area (Å²) < 4.78 is 0. The van der Waals surface area contributed by atoms with Crippen molar-refractivity contribution in [1.29, 1.82) is 0 Å². The monoisotopic (exact) mass is 274 g/mol. The van der Waals surface area contributed by atoms with E-state index < -0.39 is 5.97 Å². The lowest BCUT2D eigenvalue weighted by Crippen LogP contribution is -1.97. The Morgan fingerprint density at radius 2 is 1.81 bits per heavy atom. The van der Waals surface area contributed by atoms with Gasteiger partial charge in [-0.3, -0.25) is 9.97 Å². The molecule has 0 amide bonds. The van der Waals surface area contributed by atoms with E-state index in [0.717, 1.165) is 32.6 Å². The van der Waals surface area contributed by atoms with Gasteiger partial charge in [0.1, 0.15) is 0 Å². The van der Waals surface area contributed by atoms with Gasteiger partial charge in [0.2, 0.25) is 0 Å². The average molecular weight is 274 g/mol. The summed E-state index contributed by atoms with van der Waals surface area (Å²) in [7, 11) is 0. The Morgan fingerprint density at radius 3 is 2.67 bits per heavy atom. The third-order valence-electron chi connectivity index (χ3n) is 3.65. The number of rotatable bonds is 1. The van der Waals surface area contributed by atoms with Crippen LogP contribution in [0.2, 0.25) is 0 Å². The lowest BCUT2D eigenvalue weighted by atomic mass is 10.0. The van der Waals surface area contributed by atoms with Gasteiger partial charge in [-0.05, 0) is 17.5 Å². The van der Waals surface area contributed by atoms with Crippen LogP contribution in [0.3, 0.4) is 0 Å². The van der Waals surface area contributed by atoms with Crippen LogP contribution in [0, 0.1) is 0 Å². The van der Waals surface area contributed by atoms with Gasteiger partial charge in [0, 0.05) is 28.6 Å². The van der Waals surface area contributed by atoms with Crippen LogP contribution in [-0.4, -0.2) is 21.0 Å². The summed E-state index contributed by atoms with van der Waals surface area (Å²) >= 11 is 0. The van der Waals surface area contributed by atoms with Gasteiger partial charge in [0.15, 0.2) is 0 Å². The van der Waals surface area contributed by atoms with Crippen molar-refractivity contribution in [1.82, 2.24) is 9.97 Å². The average Bonchev–Trinajstić information content (AvgIpc) is 2.53. The van der Waals surface area contributed by atoms with Crippen LogP contribution in [0.5, 0.6) is 0 Å². The minimum Gasteiger partial charge on any atom is -0.478 e. The molecule has 100 valence electrons. The highest BCUT2D eigenvalue weighted by Gasteiger charge is 2.10. The van der Waals surface area contributed by atoms with Gasteiger partial charge in [-0.25, -0.2) is 4.79 Å². The van der Waals surface area contributed by atoms with E-state index in [-0.39, 0.29) is 5.56 Å². The second-order valence-corrected chi connectivity index (χ2v) is 4.91. The highest BCUT2D eigenvalue weighted by molar-refractivity contribution is 6.17. The molecule has 1 N–H and O–H groups in total. The maximum atomic E-state index is 11.1. The lowest BCUT2D eigenvalue weighted by Gasteiger charge is -2.07. The number of fused-ring (bicyclic) bond motifs is 5. The predicted molar refractivity (Wildman–Crippen MR) is 81.5 cm³/mol. The van der Waals surface area contributed by atoms with Gasteiger partial charge in [0.25, 0.3) is 0 Å². The Kier molecular flexibility index (Phi) is 2.38. The Labute approximate surface area is 119 Å². The SMILES string of the molecule is O=C(O)c1cnc2c(ccc3ncc4ccccc4c32)c1. The van der Waals surface area contributed by atoms with Crippen LogP contribution in [0.4, 0.5) is 0 Å². The molecule has 0 aliphatic heterocycles. The summed E-state index contributed by atoms with van der Waals surface area (Å²) in [6.07, 6.45) is 3.24. The zero-order valence-electron chi connectivity index (χ0n) is 10.9. The van der Waals surface area contributed by atoms with Crippen molar-refractivity contribution in [3.8, 4) is 0 Å². The number of hydrogen-bond acceptors (Lipinski definition) is 3. The number of aromatic nitrogens is 2.